The standard InChI is InChI=1S/C15H20N6O/c16-11-5-10(6-11)12-7-14(19-8-18-12)17-4-3-13-20-15(22-21-13)9-1-2-9/h7-11H,1-6,16H2,(H,17,18,19). The van der Waals surface area contributed by atoms with E-state index in [0.717, 1.165) is 49.0 Å². The summed E-state index contributed by atoms with van der Waals surface area (Å²) in [7, 11) is 0. The van der Waals surface area contributed by atoms with Crippen molar-refractivity contribution in [2.75, 3.05) is 11.9 Å². The van der Waals surface area contributed by atoms with Gasteiger partial charge in [-0.15, -0.1) is 0 Å². The molecule has 0 saturated heterocycles. The molecule has 7 heteroatoms. The lowest BCUT2D eigenvalue weighted by Gasteiger charge is -2.31. The van der Waals surface area contributed by atoms with E-state index in [1.54, 1.807) is 6.33 Å². The minimum Gasteiger partial charge on any atom is -0.370 e. The zero-order valence-corrected chi connectivity index (χ0v) is 12.4. The molecule has 4 rings (SSSR count). The van der Waals surface area contributed by atoms with Gasteiger partial charge in [0.2, 0.25) is 5.89 Å². The highest BCUT2D eigenvalue weighted by Gasteiger charge is 2.30. The lowest BCUT2D eigenvalue weighted by molar-refractivity contribution is 0.345. The Kier molecular flexibility index (Phi) is 3.49. The van der Waals surface area contributed by atoms with Crippen molar-refractivity contribution in [3.8, 4) is 0 Å². The molecule has 2 saturated carbocycles. The normalized spacial score (nSPS) is 24.0. The van der Waals surface area contributed by atoms with E-state index in [2.05, 4.69) is 25.4 Å². The van der Waals surface area contributed by atoms with E-state index in [-0.39, 0.29) is 0 Å². The van der Waals surface area contributed by atoms with E-state index in [1.807, 2.05) is 6.07 Å². The van der Waals surface area contributed by atoms with Crippen LogP contribution in [0.2, 0.25) is 0 Å². The minimum atomic E-state index is 0.329. The molecule has 116 valence electrons. The van der Waals surface area contributed by atoms with Gasteiger partial charge in [-0.05, 0) is 25.7 Å². The molecule has 0 aliphatic heterocycles. The van der Waals surface area contributed by atoms with Crippen LogP contribution in [0.1, 0.15) is 54.9 Å². The maximum Gasteiger partial charge on any atom is 0.229 e. The Morgan fingerprint density at radius 1 is 1.23 bits per heavy atom. The minimum absolute atomic E-state index is 0.329. The van der Waals surface area contributed by atoms with Crippen LogP contribution >= 0.6 is 0 Å². The van der Waals surface area contributed by atoms with Crippen LogP contribution in [0.4, 0.5) is 5.82 Å². The molecular weight excluding hydrogens is 280 g/mol. The number of hydrogen-bond donors (Lipinski definition) is 2. The Balaban J connectivity index is 1.30. The summed E-state index contributed by atoms with van der Waals surface area (Å²) < 4.78 is 5.25. The van der Waals surface area contributed by atoms with Crippen LogP contribution < -0.4 is 11.1 Å². The fourth-order valence-electron chi connectivity index (χ4n) is 2.76. The van der Waals surface area contributed by atoms with E-state index in [0.29, 0.717) is 17.9 Å². The van der Waals surface area contributed by atoms with Gasteiger partial charge in [-0.2, -0.15) is 4.98 Å². The Morgan fingerprint density at radius 3 is 2.86 bits per heavy atom. The summed E-state index contributed by atoms with van der Waals surface area (Å²) in [4.78, 5) is 13.0. The highest BCUT2D eigenvalue weighted by Crippen LogP contribution is 2.38. The first-order chi connectivity index (χ1) is 10.8. The topological polar surface area (TPSA) is 103 Å². The summed E-state index contributed by atoms with van der Waals surface area (Å²) in [6, 6.07) is 2.35. The highest BCUT2D eigenvalue weighted by atomic mass is 16.5. The van der Waals surface area contributed by atoms with Gasteiger partial charge in [0.05, 0.1) is 0 Å². The Labute approximate surface area is 128 Å². The van der Waals surface area contributed by atoms with Crippen molar-refractivity contribution in [2.45, 2.75) is 50.0 Å². The largest absolute Gasteiger partial charge is 0.370 e. The predicted molar refractivity (Wildman–Crippen MR) is 80.4 cm³/mol. The maximum atomic E-state index is 5.83. The van der Waals surface area contributed by atoms with Gasteiger partial charge in [-0.25, -0.2) is 9.97 Å². The Morgan fingerprint density at radius 2 is 2.09 bits per heavy atom. The number of nitrogens with one attached hydrogen (secondary N) is 1. The molecule has 7 nitrogen and oxygen atoms in total. The summed E-state index contributed by atoms with van der Waals surface area (Å²) in [5.41, 5.74) is 6.91. The van der Waals surface area contributed by atoms with Crippen LogP contribution in [-0.2, 0) is 6.42 Å². The number of aromatic nitrogens is 4. The van der Waals surface area contributed by atoms with Crippen LogP contribution in [0.5, 0.6) is 0 Å². The van der Waals surface area contributed by atoms with Gasteiger partial charge >= 0.3 is 0 Å². The molecule has 2 heterocycles. The lowest BCUT2D eigenvalue weighted by Crippen LogP contribution is -2.35. The van der Waals surface area contributed by atoms with Crippen LogP contribution in [0.25, 0.3) is 0 Å². The first kappa shape index (κ1) is 13.6. The van der Waals surface area contributed by atoms with E-state index in [1.165, 1.54) is 12.8 Å². The number of hydrogen-bond acceptors (Lipinski definition) is 7. The van der Waals surface area contributed by atoms with Gasteiger partial charge < -0.3 is 15.6 Å². The molecule has 2 aromatic rings. The van der Waals surface area contributed by atoms with E-state index in [9.17, 15) is 0 Å². The van der Waals surface area contributed by atoms with Gasteiger partial charge in [-0.3, -0.25) is 0 Å². The zero-order chi connectivity index (χ0) is 14.9. The monoisotopic (exact) mass is 300 g/mol. The van der Waals surface area contributed by atoms with E-state index >= 15 is 0 Å². The fourth-order valence-corrected chi connectivity index (χ4v) is 2.76. The molecule has 2 fully saturated rings. The highest BCUT2D eigenvalue weighted by molar-refractivity contribution is 5.36. The van der Waals surface area contributed by atoms with E-state index < -0.39 is 0 Å². The third-order valence-electron chi connectivity index (χ3n) is 4.35. The fraction of sp³-hybridized carbons (Fsp3) is 0.600. The SMILES string of the molecule is NC1CC(c2cc(NCCc3noc(C4CC4)n3)ncn2)C1. The summed E-state index contributed by atoms with van der Waals surface area (Å²) in [5.74, 6) is 3.38. The first-order valence-corrected chi connectivity index (χ1v) is 7.92. The molecule has 2 aliphatic rings. The third-order valence-corrected chi connectivity index (χ3v) is 4.35. The quantitative estimate of drug-likeness (QED) is 0.835. The molecule has 3 N–H and O–H groups in total. The van der Waals surface area contributed by atoms with Crippen LogP contribution in [0.3, 0.4) is 0 Å². The van der Waals surface area contributed by atoms with Crippen LogP contribution in [0.15, 0.2) is 16.9 Å². The average Bonchev–Trinajstić information content (AvgIpc) is 3.24. The van der Waals surface area contributed by atoms with Crippen molar-refractivity contribution in [2.24, 2.45) is 5.73 Å². The van der Waals surface area contributed by atoms with Crippen molar-refractivity contribution in [3.63, 3.8) is 0 Å². The second-order valence-electron chi connectivity index (χ2n) is 6.26. The molecule has 2 aromatic heterocycles. The Bertz CT molecular complexity index is 647. The molecule has 22 heavy (non-hydrogen) atoms. The predicted octanol–water partition coefficient (Wildman–Crippen LogP) is 1.60. The number of anilines is 1. The van der Waals surface area contributed by atoms with Gasteiger partial charge in [0.1, 0.15) is 12.1 Å². The molecule has 0 spiro atoms. The van der Waals surface area contributed by atoms with Crippen LogP contribution in [0, 0.1) is 0 Å². The number of nitrogens with two attached hydrogens (primary N) is 1. The molecular formula is C15H20N6O. The number of rotatable bonds is 6. The molecule has 0 unspecified atom stereocenters. The van der Waals surface area contributed by atoms with Crippen molar-refractivity contribution < 1.29 is 4.52 Å². The van der Waals surface area contributed by atoms with E-state index in [4.69, 9.17) is 10.3 Å². The molecule has 0 atom stereocenters. The summed E-state index contributed by atoms with van der Waals surface area (Å²) in [5, 5.41) is 7.31. The lowest BCUT2D eigenvalue weighted by atomic mass is 9.79. The molecule has 0 aromatic carbocycles. The number of nitrogens with zero attached hydrogens (tertiary/aromatic N) is 4. The second-order valence-corrected chi connectivity index (χ2v) is 6.26. The van der Waals surface area contributed by atoms with Crippen molar-refractivity contribution in [1.29, 1.82) is 0 Å². The van der Waals surface area contributed by atoms with Gasteiger partial charge in [0.25, 0.3) is 0 Å². The first-order valence-electron chi connectivity index (χ1n) is 7.92. The van der Waals surface area contributed by atoms with Crippen molar-refractivity contribution in [1.82, 2.24) is 20.1 Å². The average molecular weight is 300 g/mol. The summed E-state index contributed by atoms with van der Waals surface area (Å²) in [6.07, 6.45) is 6.72. The Hall–Kier alpha value is -2.02. The molecule has 0 amide bonds. The third kappa shape index (κ3) is 2.94. The summed E-state index contributed by atoms with van der Waals surface area (Å²) in [6.45, 7) is 0.726. The van der Waals surface area contributed by atoms with Gasteiger partial charge in [0, 0.05) is 42.6 Å². The molecule has 0 bridgehead atoms. The zero-order valence-electron chi connectivity index (χ0n) is 12.4. The smallest absolute Gasteiger partial charge is 0.229 e. The van der Waals surface area contributed by atoms with Crippen molar-refractivity contribution in [3.05, 3.63) is 29.8 Å². The van der Waals surface area contributed by atoms with Crippen molar-refractivity contribution >= 4 is 5.82 Å². The van der Waals surface area contributed by atoms with Gasteiger partial charge in [-0.1, -0.05) is 5.16 Å². The second kappa shape index (κ2) is 5.64. The maximum absolute atomic E-state index is 5.83. The molecule has 2 aliphatic carbocycles. The van der Waals surface area contributed by atoms with Gasteiger partial charge in [0.15, 0.2) is 5.82 Å². The molecule has 0 radical (unpaired) electrons. The summed E-state index contributed by atoms with van der Waals surface area (Å²) >= 11 is 0. The van der Waals surface area contributed by atoms with Crippen LogP contribution in [-0.4, -0.2) is 32.7 Å².